The number of thiophene rings is 1. The summed E-state index contributed by atoms with van der Waals surface area (Å²) in [6.07, 6.45) is 2.63. The summed E-state index contributed by atoms with van der Waals surface area (Å²) in [6.45, 7) is 1.37. The van der Waals surface area contributed by atoms with E-state index in [4.69, 9.17) is 4.74 Å². The molecule has 0 saturated carbocycles. The molecule has 0 aliphatic carbocycles. The first-order valence-corrected chi connectivity index (χ1v) is 8.83. The molecule has 0 bridgehead atoms. The summed E-state index contributed by atoms with van der Waals surface area (Å²) < 4.78 is 6.96. The van der Waals surface area contributed by atoms with E-state index in [0.717, 1.165) is 27.9 Å². The van der Waals surface area contributed by atoms with Gasteiger partial charge in [-0.05, 0) is 17.5 Å². The molecule has 0 N–H and O–H groups in total. The number of carbonyl (C=O) groups excluding carboxylic acids is 1. The molecule has 1 atom stereocenters. The van der Waals surface area contributed by atoms with Crippen molar-refractivity contribution < 1.29 is 9.53 Å². The lowest BCUT2D eigenvalue weighted by molar-refractivity contribution is 0.0777. The van der Waals surface area contributed by atoms with E-state index in [1.165, 1.54) is 11.3 Å². The second-order valence-electron chi connectivity index (χ2n) is 5.23. The third-order valence-corrected chi connectivity index (χ3v) is 5.51. The number of fused-ring (bicyclic) bond motifs is 1. The average Bonchev–Trinajstić information content (AvgIpc) is 3.27. The summed E-state index contributed by atoms with van der Waals surface area (Å²) in [5.41, 5.74) is 0. The Morgan fingerprint density at radius 1 is 1.36 bits per heavy atom. The molecule has 6 heteroatoms. The summed E-state index contributed by atoms with van der Waals surface area (Å²) in [5, 5.41) is 3.71. The third kappa shape index (κ3) is 2.60. The number of rotatable bonds is 3. The van der Waals surface area contributed by atoms with E-state index in [2.05, 4.69) is 11.1 Å². The summed E-state index contributed by atoms with van der Waals surface area (Å²) in [5.74, 6) is 0.103. The van der Waals surface area contributed by atoms with Gasteiger partial charge in [0.1, 0.15) is 6.10 Å². The van der Waals surface area contributed by atoms with Gasteiger partial charge in [0.25, 0.3) is 11.1 Å². The fourth-order valence-corrected chi connectivity index (χ4v) is 4.25. The lowest BCUT2D eigenvalue weighted by atomic mass is 10.2. The van der Waals surface area contributed by atoms with Crippen LogP contribution in [0.25, 0.3) is 10.1 Å². The normalized spacial score (nSPS) is 18.0. The molecule has 0 spiro atoms. The molecule has 1 aliphatic rings. The van der Waals surface area contributed by atoms with Crippen molar-refractivity contribution in [1.82, 2.24) is 9.88 Å². The van der Waals surface area contributed by atoms with Crippen LogP contribution in [0.3, 0.4) is 0 Å². The van der Waals surface area contributed by atoms with Crippen LogP contribution in [0, 0.1) is 0 Å². The highest BCUT2D eigenvalue weighted by atomic mass is 32.1. The van der Waals surface area contributed by atoms with Gasteiger partial charge in [0, 0.05) is 29.2 Å². The molecule has 1 aliphatic heterocycles. The number of benzene rings is 1. The molecule has 1 aromatic carbocycles. The van der Waals surface area contributed by atoms with E-state index in [-0.39, 0.29) is 12.0 Å². The maximum atomic E-state index is 12.6. The lowest BCUT2D eigenvalue weighted by Gasteiger charge is -2.15. The first-order chi connectivity index (χ1) is 10.8. The van der Waals surface area contributed by atoms with Crippen molar-refractivity contribution in [2.75, 3.05) is 13.1 Å². The van der Waals surface area contributed by atoms with Crippen LogP contribution < -0.4 is 4.74 Å². The van der Waals surface area contributed by atoms with Gasteiger partial charge in [0.15, 0.2) is 0 Å². The zero-order chi connectivity index (χ0) is 14.9. The minimum absolute atomic E-state index is 0.0458. The molecule has 1 unspecified atom stereocenters. The van der Waals surface area contributed by atoms with Crippen molar-refractivity contribution in [3.63, 3.8) is 0 Å². The molecular formula is C16H14N2O2S2. The monoisotopic (exact) mass is 330 g/mol. The van der Waals surface area contributed by atoms with Crippen LogP contribution in [0.4, 0.5) is 0 Å². The number of hydrogen-bond acceptors (Lipinski definition) is 5. The van der Waals surface area contributed by atoms with Crippen molar-refractivity contribution in [1.29, 1.82) is 0 Å². The number of amides is 1. The molecule has 3 aromatic rings. The Kier molecular flexibility index (Phi) is 3.56. The van der Waals surface area contributed by atoms with Crippen LogP contribution in [0.15, 0.2) is 41.9 Å². The Hall–Kier alpha value is -1.92. The van der Waals surface area contributed by atoms with Crippen LogP contribution >= 0.6 is 22.7 Å². The summed E-state index contributed by atoms with van der Waals surface area (Å²) in [4.78, 5) is 19.4. The average molecular weight is 330 g/mol. The van der Waals surface area contributed by atoms with Gasteiger partial charge in [-0.25, -0.2) is 4.98 Å². The van der Waals surface area contributed by atoms with Gasteiger partial charge in [-0.1, -0.05) is 29.5 Å². The first kappa shape index (κ1) is 13.7. The number of aromatic nitrogens is 1. The van der Waals surface area contributed by atoms with E-state index in [9.17, 15) is 4.79 Å². The predicted molar refractivity (Wildman–Crippen MR) is 88.9 cm³/mol. The number of nitrogens with zero attached hydrogens (tertiary/aromatic N) is 2. The summed E-state index contributed by atoms with van der Waals surface area (Å²) in [6, 6.07) is 10.1. The van der Waals surface area contributed by atoms with Crippen LogP contribution in [0.2, 0.25) is 0 Å². The van der Waals surface area contributed by atoms with Gasteiger partial charge in [0.2, 0.25) is 0 Å². The molecule has 2 aromatic heterocycles. The van der Waals surface area contributed by atoms with Crippen LogP contribution in [0.5, 0.6) is 5.19 Å². The van der Waals surface area contributed by atoms with E-state index < -0.39 is 0 Å². The third-order valence-electron chi connectivity index (χ3n) is 3.75. The molecule has 112 valence electrons. The SMILES string of the molecule is O=C(c1cc2ccccc2s1)N1CCC(Oc2nccs2)C1. The Morgan fingerprint density at radius 3 is 3.09 bits per heavy atom. The largest absolute Gasteiger partial charge is 0.465 e. The molecule has 1 saturated heterocycles. The molecular weight excluding hydrogens is 316 g/mol. The van der Waals surface area contributed by atoms with Crippen molar-refractivity contribution in [3.8, 4) is 5.19 Å². The number of hydrogen-bond donors (Lipinski definition) is 0. The molecule has 3 heterocycles. The quantitative estimate of drug-likeness (QED) is 0.736. The van der Waals surface area contributed by atoms with E-state index >= 15 is 0 Å². The maximum absolute atomic E-state index is 12.6. The Bertz CT molecular complexity index is 764. The highest BCUT2D eigenvalue weighted by molar-refractivity contribution is 7.20. The van der Waals surface area contributed by atoms with Gasteiger partial charge in [-0.2, -0.15) is 0 Å². The number of thiazole rings is 1. The van der Waals surface area contributed by atoms with Crippen molar-refractivity contribution >= 4 is 38.7 Å². The first-order valence-electron chi connectivity index (χ1n) is 7.13. The number of ether oxygens (including phenoxy) is 1. The van der Waals surface area contributed by atoms with Crippen molar-refractivity contribution in [2.45, 2.75) is 12.5 Å². The Balaban J connectivity index is 1.47. The molecule has 1 amide bonds. The van der Waals surface area contributed by atoms with Gasteiger partial charge in [-0.15, -0.1) is 11.3 Å². The fraction of sp³-hybridized carbons (Fsp3) is 0.250. The molecule has 4 rings (SSSR count). The predicted octanol–water partition coefficient (Wildman–Crippen LogP) is 3.65. The van der Waals surface area contributed by atoms with E-state index in [0.29, 0.717) is 11.7 Å². The second kappa shape index (κ2) is 5.70. The minimum Gasteiger partial charge on any atom is -0.465 e. The van der Waals surface area contributed by atoms with Crippen molar-refractivity contribution in [3.05, 3.63) is 46.8 Å². The number of likely N-dealkylation sites (tertiary alicyclic amines) is 1. The molecule has 1 fully saturated rings. The second-order valence-corrected chi connectivity index (χ2v) is 7.17. The highest BCUT2D eigenvalue weighted by Gasteiger charge is 2.29. The van der Waals surface area contributed by atoms with Crippen LogP contribution in [-0.2, 0) is 0 Å². The van der Waals surface area contributed by atoms with Gasteiger partial charge < -0.3 is 9.64 Å². The zero-order valence-electron chi connectivity index (χ0n) is 11.8. The highest BCUT2D eigenvalue weighted by Crippen LogP contribution is 2.28. The summed E-state index contributed by atoms with van der Waals surface area (Å²) >= 11 is 3.04. The van der Waals surface area contributed by atoms with E-state index in [1.54, 1.807) is 17.5 Å². The Labute approximate surface area is 136 Å². The van der Waals surface area contributed by atoms with Gasteiger partial charge >= 0.3 is 0 Å². The molecule has 4 nitrogen and oxygen atoms in total. The lowest BCUT2D eigenvalue weighted by Crippen LogP contribution is -2.30. The summed E-state index contributed by atoms with van der Waals surface area (Å²) in [7, 11) is 0. The maximum Gasteiger partial charge on any atom is 0.273 e. The minimum atomic E-state index is 0.0458. The van der Waals surface area contributed by atoms with Crippen LogP contribution in [0.1, 0.15) is 16.1 Å². The topological polar surface area (TPSA) is 42.4 Å². The standard InChI is InChI=1S/C16H14N2O2S2/c19-15(14-9-11-3-1-2-4-13(11)22-14)18-7-5-12(10-18)20-16-17-6-8-21-16/h1-4,6,8-9,12H,5,7,10H2. The molecule has 0 radical (unpaired) electrons. The van der Waals surface area contributed by atoms with E-state index in [1.807, 2.05) is 34.5 Å². The zero-order valence-corrected chi connectivity index (χ0v) is 13.4. The Morgan fingerprint density at radius 2 is 2.27 bits per heavy atom. The van der Waals surface area contributed by atoms with Crippen molar-refractivity contribution in [2.24, 2.45) is 0 Å². The molecule has 22 heavy (non-hydrogen) atoms. The smallest absolute Gasteiger partial charge is 0.273 e. The van der Waals surface area contributed by atoms with Crippen LogP contribution in [-0.4, -0.2) is 35.0 Å². The van der Waals surface area contributed by atoms with Gasteiger partial charge in [0.05, 0.1) is 11.4 Å². The fourth-order valence-electron chi connectivity index (χ4n) is 2.66. The van der Waals surface area contributed by atoms with Gasteiger partial charge in [-0.3, -0.25) is 4.79 Å². The number of carbonyl (C=O) groups is 1.